The Labute approximate surface area is 153 Å². The lowest BCUT2D eigenvalue weighted by Gasteiger charge is -2.39. The first-order chi connectivity index (χ1) is 12.5. The van der Waals surface area contributed by atoms with Gasteiger partial charge in [-0.1, -0.05) is 6.07 Å². The Kier molecular flexibility index (Phi) is 4.78. The number of hydrogen-bond acceptors (Lipinski definition) is 4. The predicted molar refractivity (Wildman–Crippen MR) is 96.7 cm³/mol. The minimum Gasteiger partial charge on any atom is -0.444 e. The maximum atomic E-state index is 14.3. The van der Waals surface area contributed by atoms with Gasteiger partial charge in [0.15, 0.2) is 0 Å². The molecule has 1 aromatic rings. The SMILES string of the molecule is Cc1ccc(N2CCCC(OC(=O)N3C4CCC3CC(O)C4)C2)c(F)c1. The van der Waals surface area contributed by atoms with Gasteiger partial charge in [0, 0.05) is 18.6 Å². The zero-order chi connectivity index (χ0) is 18.3. The number of benzene rings is 1. The Morgan fingerprint density at radius 3 is 2.65 bits per heavy atom. The average molecular weight is 362 g/mol. The highest BCUT2D eigenvalue weighted by Crippen LogP contribution is 2.36. The van der Waals surface area contributed by atoms with Gasteiger partial charge in [0.05, 0.1) is 18.3 Å². The van der Waals surface area contributed by atoms with E-state index in [1.165, 1.54) is 0 Å². The summed E-state index contributed by atoms with van der Waals surface area (Å²) in [6, 6.07) is 5.46. The number of rotatable bonds is 2. The zero-order valence-electron chi connectivity index (χ0n) is 15.2. The lowest BCUT2D eigenvalue weighted by Crippen LogP contribution is -2.50. The van der Waals surface area contributed by atoms with Crippen molar-refractivity contribution in [3.05, 3.63) is 29.6 Å². The number of fused-ring (bicyclic) bond motifs is 2. The molecule has 1 N–H and O–H groups in total. The van der Waals surface area contributed by atoms with Gasteiger partial charge in [0.1, 0.15) is 11.9 Å². The second-order valence-electron chi connectivity index (χ2n) is 7.97. The van der Waals surface area contributed by atoms with E-state index in [2.05, 4.69) is 0 Å². The van der Waals surface area contributed by atoms with Crippen molar-refractivity contribution in [1.29, 1.82) is 0 Å². The molecule has 0 aliphatic carbocycles. The van der Waals surface area contributed by atoms with Crippen LogP contribution in [0.1, 0.15) is 44.1 Å². The number of hydrogen-bond donors (Lipinski definition) is 1. The van der Waals surface area contributed by atoms with E-state index in [0.717, 1.165) is 37.8 Å². The van der Waals surface area contributed by atoms with Gasteiger partial charge in [-0.25, -0.2) is 9.18 Å². The van der Waals surface area contributed by atoms with E-state index in [9.17, 15) is 14.3 Å². The van der Waals surface area contributed by atoms with Gasteiger partial charge in [-0.3, -0.25) is 0 Å². The molecule has 0 aromatic heterocycles. The Bertz CT molecular complexity index is 669. The number of aryl methyl sites for hydroxylation is 1. The molecule has 4 rings (SSSR count). The van der Waals surface area contributed by atoms with Gasteiger partial charge in [0.25, 0.3) is 0 Å². The first-order valence-electron chi connectivity index (χ1n) is 9.69. The second kappa shape index (κ2) is 7.06. The van der Waals surface area contributed by atoms with Crippen molar-refractivity contribution in [2.24, 2.45) is 0 Å². The number of carbonyl (C=O) groups is 1. The van der Waals surface area contributed by atoms with Crippen molar-refractivity contribution in [2.75, 3.05) is 18.0 Å². The topological polar surface area (TPSA) is 53.0 Å². The van der Waals surface area contributed by atoms with Crippen LogP contribution in [0, 0.1) is 12.7 Å². The first kappa shape index (κ1) is 17.6. The van der Waals surface area contributed by atoms with Crippen molar-refractivity contribution in [2.45, 2.75) is 69.7 Å². The molecule has 3 atom stereocenters. The summed E-state index contributed by atoms with van der Waals surface area (Å²) in [7, 11) is 0. The van der Waals surface area contributed by atoms with Crippen LogP contribution in [-0.2, 0) is 4.74 Å². The van der Waals surface area contributed by atoms with Crippen LogP contribution in [0.2, 0.25) is 0 Å². The Balaban J connectivity index is 1.40. The summed E-state index contributed by atoms with van der Waals surface area (Å²) in [6.07, 6.45) is 4.09. The number of aliphatic hydroxyl groups excluding tert-OH is 1. The molecular weight excluding hydrogens is 335 g/mol. The summed E-state index contributed by atoms with van der Waals surface area (Å²) in [5.74, 6) is -0.222. The van der Waals surface area contributed by atoms with Gasteiger partial charge >= 0.3 is 6.09 Å². The summed E-state index contributed by atoms with van der Waals surface area (Å²) in [5.41, 5.74) is 1.48. The first-order valence-corrected chi connectivity index (χ1v) is 9.69. The Morgan fingerprint density at radius 2 is 1.96 bits per heavy atom. The number of anilines is 1. The molecular formula is C20H27FN2O3. The molecule has 1 aromatic carbocycles. The summed E-state index contributed by atoms with van der Waals surface area (Å²) >= 11 is 0. The number of ether oxygens (including phenoxy) is 1. The number of nitrogens with zero attached hydrogens (tertiary/aromatic N) is 2. The smallest absolute Gasteiger partial charge is 0.410 e. The third-order valence-corrected chi connectivity index (χ3v) is 6.01. The number of piperidine rings is 2. The molecule has 6 heteroatoms. The molecule has 0 spiro atoms. The Morgan fingerprint density at radius 1 is 1.23 bits per heavy atom. The van der Waals surface area contributed by atoms with Crippen LogP contribution in [0.4, 0.5) is 14.9 Å². The lowest BCUT2D eigenvalue weighted by atomic mass is 10.0. The monoisotopic (exact) mass is 362 g/mol. The largest absolute Gasteiger partial charge is 0.444 e. The van der Waals surface area contributed by atoms with Crippen LogP contribution in [0.25, 0.3) is 0 Å². The fraction of sp³-hybridized carbons (Fsp3) is 0.650. The van der Waals surface area contributed by atoms with E-state index in [1.807, 2.05) is 22.8 Å². The molecule has 5 nitrogen and oxygen atoms in total. The minimum absolute atomic E-state index is 0.102. The lowest BCUT2D eigenvalue weighted by molar-refractivity contribution is 0.00640. The van der Waals surface area contributed by atoms with E-state index in [1.54, 1.807) is 12.1 Å². The molecule has 3 aliphatic rings. The fourth-order valence-electron chi connectivity index (χ4n) is 4.77. The van der Waals surface area contributed by atoms with Crippen LogP contribution in [0.3, 0.4) is 0 Å². The minimum atomic E-state index is -0.300. The Hall–Kier alpha value is -1.82. The second-order valence-corrected chi connectivity index (χ2v) is 7.97. The van der Waals surface area contributed by atoms with Crippen LogP contribution in [0.5, 0.6) is 0 Å². The molecule has 3 unspecified atom stereocenters. The van der Waals surface area contributed by atoms with E-state index < -0.39 is 0 Å². The normalized spacial score (nSPS) is 31.2. The van der Waals surface area contributed by atoms with E-state index >= 15 is 0 Å². The standard InChI is InChI=1S/C20H27FN2O3/c1-13-4-7-19(18(21)9-13)22-8-2-3-17(12-22)26-20(25)23-14-5-6-15(23)11-16(24)10-14/h4,7,9,14-17,24H,2-3,5-6,8,10-12H2,1H3. The van der Waals surface area contributed by atoms with E-state index in [0.29, 0.717) is 25.1 Å². The van der Waals surface area contributed by atoms with Crippen molar-refractivity contribution in [3.8, 4) is 0 Å². The van der Waals surface area contributed by atoms with Gasteiger partial charge < -0.3 is 19.6 Å². The molecule has 3 aliphatic heterocycles. The van der Waals surface area contributed by atoms with Crippen molar-refractivity contribution in [3.63, 3.8) is 0 Å². The number of halogens is 1. The zero-order valence-corrected chi connectivity index (χ0v) is 15.2. The summed E-state index contributed by atoms with van der Waals surface area (Å²) in [5, 5.41) is 9.90. The highest BCUT2D eigenvalue weighted by molar-refractivity contribution is 5.69. The van der Waals surface area contributed by atoms with Gasteiger partial charge in [0.2, 0.25) is 0 Å². The van der Waals surface area contributed by atoms with Crippen molar-refractivity contribution in [1.82, 2.24) is 4.90 Å². The summed E-state index contributed by atoms with van der Waals surface area (Å²) in [4.78, 5) is 16.5. The van der Waals surface area contributed by atoms with E-state index in [-0.39, 0.29) is 36.2 Å². The number of amides is 1. The third-order valence-electron chi connectivity index (χ3n) is 6.01. The fourth-order valence-corrected chi connectivity index (χ4v) is 4.77. The molecule has 3 heterocycles. The van der Waals surface area contributed by atoms with Crippen molar-refractivity contribution < 1.29 is 19.0 Å². The summed E-state index contributed by atoms with van der Waals surface area (Å²) in [6.45, 7) is 3.17. The van der Waals surface area contributed by atoms with Crippen LogP contribution < -0.4 is 4.90 Å². The highest BCUT2D eigenvalue weighted by Gasteiger charge is 2.44. The molecule has 26 heavy (non-hydrogen) atoms. The van der Waals surface area contributed by atoms with Gasteiger partial charge in [-0.15, -0.1) is 0 Å². The van der Waals surface area contributed by atoms with Crippen LogP contribution in [0.15, 0.2) is 18.2 Å². The summed E-state index contributed by atoms with van der Waals surface area (Å²) < 4.78 is 20.1. The van der Waals surface area contributed by atoms with Gasteiger partial charge in [-0.2, -0.15) is 0 Å². The maximum absolute atomic E-state index is 14.3. The number of carbonyl (C=O) groups excluding carboxylic acids is 1. The van der Waals surface area contributed by atoms with Gasteiger partial charge in [-0.05, 0) is 63.1 Å². The average Bonchev–Trinajstić information content (AvgIpc) is 2.87. The molecule has 142 valence electrons. The molecule has 3 fully saturated rings. The van der Waals surface area contributed by atoms with Crippen LogP contribution in [-0.4, -0.2) is 53.5 Å². The predicted octanol–water partition coefficient (Wildman–Crippen LogP) is 3.23. The number of aliphatic hydroxyl groups is 1. The maximum Gasteiger partial charge on any atom is 0.410 e. The van der Waals surface area contributed by atoms with E-state index in [4.69, 9.17) is 4.74 Å². The molecule has 0 saturated carbocycles. The van der Waals surface area contributed by atoms with Crippen molar-refractivity contribution >= 4 is 11.8 Å². The molecule has 2 bridgehead atoms. The van der Waals surface area contributed by atoms with Crippen LogP contribution >= 0.6 is 0 Å². The quantitative estimate of drug-likeness (QED) is 0.878. The molecule has 0 radical (unpaired) electrons. The highest BCUT2D eigenvalue weighted by atomic mass is 19.1. The molecule has 3 saturated heterocycles. The molecule has 1 amide bonds. The third kappa shape index (κ3) is 3.39.